The van der Waals surface area contributed by atoms with Crippen LogP contribution in [0, 0.1) is 0 Å². The molecule has 0 aliphatic rings. The first-order valence-corrected chi connectivity index (χ1v) is 8.25. The lowest BCUT2D eigenvalue weighted by molar-refractivity contribution is 0.466. The quantitative estimate of drug-likeness (QED) is 0.845. The monoisotopic (exact) mass is 291 g/mol. The van der Waals surface area contributed by atoms with E-state index in [0.717, 1.165) is 26.1 Å². The highest BCUT2D eigenvalue weighted by atomic mass is 32.1. The van der Waals surface area contributed by atoms with Gasteiger partial charge in [-0.1, -0.05) is 26.8 Å². The number of hydrogen-bond acceptors (Lipinski definition) is 3. The first-order valence-electron chi connectivity index (χ1n) is 7.37. The summed E-state index contributed by atoms with van der Waals surface area (Å²) >= 11 is 1.83. The molecule has 3 nitrogen and oxygen atoms in total. The Morgan fingerprint density at radius 2 is 2.15 bits per heavy atom. The fraction of sp³-hybridized carbons (Fsp3) is 0.562. The first-order chi connectivity index (χ1) is 9.56. The average Bonchev–Trinajstić information content (AvgIpc) is 3.08. The molecule has 2 heterocycles. The highest BCUT2D eigenvalue weighted by Gasteiger charge is 2.21. The van der Waals surface area contributed by atoms with Crippen LogP contribution in [0.4, 0.5) is 0 Å². The Hall–Kier alpha value is -1.13. The first kappa shape index (κ1) is 15.3. The summed E-state index contributed by atoms with van der Waals surface area (Å²) in [4.78, 5) is 1.43. The van der Waals surface area contributed by atoms with E-state index in [0.29, 0.717) is 0 Å². The van der Waals surface area contributed by atoms with Gasteiger partial charge < -0.3 is 5.32 Å². The van der Waals surface area contributed by atoms with E-state index >= 15 is 0 Å². The lowest BCUT2D eigenvalue weighted by Gasteiger charge is -2.23. The lowest BCUT2D eigenvalue weighted by Crippen LogP contribution is -2.32. The van der Waals surface area contributed by atoms with Crippen LogP contribution in [0.15, 0.2) is 23.6 Å². The Morgan fingerprint density at radius 3 is 2.75 bits per heavy atom. The predicted molar refractivity (Wildman–Crippen MR) is 86.3 cm³/mol. The topological polar surface area (TPSA) is 29.9 Å². The molecular weight excluding hydrogens is 266 g/mol. The third-order valence-electron chi connectivity index (χ3n) is 3.64. The summed E-state index contributed by atoms with van der Waals surface area (Å²) in [6.07, 6.45) is 1.00. The van der Waals surface area contributed by atoms with Crippen molar-refractivity contribution in [2.45, 2.75) is 52.6 Å². The third kappa shape index (κ3) is 3.49. The highest BCUT2D eigenvalue weighted by Crippen LogP contribution is 2.26. The van der Waals surface area contributed by atoms with E-state index in [1.807, 2.05) is 11.3 Å². The molecule has 0 aliphatic heterocycles. The molecule has 0 spiro atoms. The molecule has 0 radical (unpaired) electrons. The van der Waals surface area contributed by atoms with Gasteiger partial charge in [0.25, 0.3) is 0 Å². The number of thiophene rings is 1. The second-order valence-corrected chi connectivity index (χ2v) is 6.71. The molecule has 2 aromatic heterocycles. The molecule has 0 saturated heterocycles. The standard InChI is InChI=1S/C16H25N3S/c1-5-13-10-14(19(6-2)18-13)11-17-12-16(3,4)15-8-7-9-20-15/h7-10,17H,5-6,11-12H2,1-4H3. The van der Waals surface area contributed by atoms with Crippen molar-refractivity contribution in [1.82, 2.24) is 15.1 Å². The molecule has 0 amide bonds. The van der Waals surface area contributed by atoms with E-state index in [1.54, 1.807) is 0 Å². The number of aryl methyl sites for hydroxylation is 2. The molecule has 0 fully saturated rings. The Labute approximate surface area is 126 Å². The minimum Gasteiger partial charge on any atom is -0.310 e. The summed E-state index contributed by atoms with van der Waals surface area (Å²) in [7, 11) is 0. The average molecular weight is 291 g/mol. The van der Waals surface area contributed by atoms with Crippen LogP contribution in [0.3, 0.4) is 0 Å². The van der Waals surface area contributed by atoms with Crippen molar-refractivity contribution >= 4 is 11.3 Å². The van der Waals surface area contributed by atoms with E-state index < -0.39 is 0 Å². The van der Waals surface area contributed by atoms with Gasteiger partial charge in [-0.05, 0) is 30.9 Å². The molecule has 0 unspecified atom stereocenters. The highest BCUT2D eigenvalue weighted by molar-refractivity contribution is 7.10. The van der Waals surface area contributed by atoms with Gasteiger partial charge in [-0.3, -0.25) is 4.68 Å². The summed E-state index contributed by atoms with van der Waals surface area (Å²) in [5.74, 6) is 0. The van der Waals surface area contributed by atoms with E-state index in [1.165, 1.54) is 16.3 Å². The maximum absolute atomic E-state index is 4.59. The van der Waals surface area contributed by atoms with Crippen LogP contribution in [-0.4, -0.2) is 16.3 Å². The van der Waals surface area contributed by atoms with Crippen LogP contribution >= 0.6 is 11.3 Å². The number of aromatic nitrogens is 2. The van der Waals surface area contributed by atoms with Crippen molar-refractivity contribution < 1.29 is 0 Å². The number of rotatable bonds is 7. The number of nitrogens with one attached hydrogen (secondary N) is 1. The number of nitrogens with zero attached hydrogens (tertiary/aromatic N) is 2. The van der Waals surface area contributed by atoms with Crippen LogP contribution in [0.5, 0.6) is 0 Å². The van der Waals surface area contributed by atoms with Gasteiger partial charge in [0, 0.05) is 29.9 Å². The Balaban J connectivity index is 1.94. The van der Waals surface area contributed by atoms with Crippen molar-refractivity contribution in [2.24, 2.45) is 0 Å². The zero-order valence-electron chi connectivity index (χ0n) is 12.9. The van der Waals surface area contributed by atoms with Crippen molar-refractivity contribution in [2.75, 3.05) is 6.54 Å². The van der Waals surface area contributed by atoms with Gasteiger partial charge in [0.1, 0.15) is 0 Å². The van der Waals surface area contributed by atoms with Crippen LogP contribution in [0.1, 0.15) is 44.0 Å². The molecular formula is C16H25N3S. The van der Waals surface area contributed by atoms with Crippen molar-refractivity contribution in [1.29, 1.82) is 0 Å². The normalized spacial score (nSPS) is 12.0. The van der Waals surface area contributed by atoms with Crippen LogP contribution in [0.25, 0.3) is 0 Å². The SMILES string of the molecule is CCc1cc(CNCC(C)(C)c2cccs2)n(CC)n1. The van der Waals surface area contributed by atoms with Gasteiger partial charge in [-0.2, -0.15) is 5.10 Å². The van der Waals surface area contributed by atoms with Crippen molar-refractivity contribution in [3.8, 4) is 0 Å². The Kier molecular flexibility index (Phi) is 5.00. The minimum atomic E-state index is 0.179. The third-order valence-corrected chi connectivity index (χ3v) is 4.87. The smallest absolute Gasteiger partial charge is 0.0625 e. The van der Waals surface area contributed by atoms with Gasteiger partial charge >= 0.3 is 0 Å². The minimum absolute atomic E-state index is 0.179. The fourth-order valence-electron chi connectivity index (χ4n) is 2.36. The summed E-state index contributed by atoms with van der Waals surface area (Å²) in [6.45, 7) is 11.7. The zero-order valence-corrected chi connectivity index (χ0v) is 13.8. The summed E-state index contributed by atoms with van der Waals surface area (Å²) in [5, 5.41) is 10.3. The summed E-state index contributed by atoms with van der Waals surface area (Å²) in [6, 6.07) is 6.56. The van der Waals surface area contributed by atoms with Gasteiger partial charge in [0.15, 0.2) is 0 Å². The zero-order chi connectivity index (χ0) is 14.6. The maximum atomic E-state index is 4.59. The molecule has 20 heavy (non-hydrogen) atoms. The summed E-state index contributed by atoms with van der Waals surface area (Å²) in [5.41, 5.74) is 2.64. The van der Waals surface area contributed by atoms with Crippen LogP contribution < -0.4 is 5.32 Å². The largest absolute Gasteiger partial charge is 0.310 e. The molecule has 0 aromatic carbocycles. The van der Waals surface area contributed by atoms with Gasteiger partial charge in [-0.15, -0.1) is 11.3 Å². The van der Waals surface area contributed by atoms with Gasteiger partial charge in [0.05, 0.1) is 11.4 Å². The number of hydrogen-bond donors (Lipinski definition) is 1. The van der Waals surface area contributed by atoms with Gasteiger partial charge in [-0.25, -0.2) is 0 Å². The lowest BCUT2D eigenvalue weighted by atomic mass is 9.91. The van der Waals surface area contributed by atoms with Crippen molar-refractivity contribution in [3.63, 3.8) is 0 Å². The maximum Gasteiger partial charge on any atom is 0.0625 e. The molecule has 0 bridgehead atoms. The summed E-state index contributed by atoms with van der Waals surface area (Å²) < 4.78 is 2.10. The van der Waals surface area contributed by atoms with E-state index in [-0.39, 0.29) is 5.41 Å². The second-order valence-electron chi connectivity index (χ2n) is 5.76. The molecule has 4 heteroatoms. The van der Waals surface area contributed by atoms with Gasteiger partial charge in [0.2, 0.25) is 0 Å². The molecule has 0 aliphatic carbocycles. The molecule has 0 saturated carbocycles. The Bertz CT molecular complexity index is 526. The second kappa shape index (κ2) is 6.55. The Morgan fingerprint density at radius 1 is 1.35 bits per heavy atom. The molecule has 110 valence electrons. The van der Waals surface area contributed by atoms with E-state index in [2.05, 4.69) is 66.4 Å². The predicted octanol–water partition coefficient (Wildman–Crippen LogP) is 3.59. The van der Waals surface area contributed by atoms with E-state index in [4.69, 9.17) is 0 Å². The molecule has 1 N–H and O–H groups in total. The van der Waals surface area contributed by atoms with Crippen molar-refractivity contribution in [3.05, 3.63) is 39.8 Å². The van der Waals surface area contributed by atoms with Crippen LogP contribution in [-0.2, 0) is 24.9 Å². The molecule has 2 aromatic rings. The van der Waals surface area contributed by atoms with Crippen LogP contribution in [0.2, 0.25) is 0 Å². The molecule has 0 atom stereocenters. The molecule has 2 rings (SSSR count). The van der Waals surface area contributed by atoms with E-state index in [9.17, 15) is 0 Å². The fourth-order valence-corrected chi connectivity index (χ4v) is 3.21.